The fraction of sp³-hybridized carbons (Fsp3) is 0.500. The number of rotatable bonds is 2. The Morgan fingerprint density at radius 3 is 2.60 bits per heavy atom. The van der Waals surface area contributed by atoms with E-state index in [0.29, 0.717) is 17.3 Å². The van der Waals surface area contributed by atoms with Gasteiger partial charge in [0.1, 0.15) is 5.82 Å². The maximum atomic E-state index is 13.0. The van der Waals surface area contributed by atoms with Gasteiger partial charge in [0.15, 0.2) is 0 Å². The van der Waals surface area contributed by atoms with Crippen LogP contribution in [0.4, 0.5) is 4.39 Å². The lowest BCUT2D eigenvalue weighted by molar-refractivity contribution is 0.579. The second-order valence-corrected chi connectivity index (χ2v) is 5.79. The van der Waals surface area contributed by atoms with Crippen LogP contribution >= 0.6 is 27.5 Å². The van der Waals surface area contributed by atoms with Crippen molar-refractivity contribution in [2.45, 2.75) is 19.8 Å². The SMILES string of the molecule is CC1(C)C(CBr)C1c1ccc(F)c(Cl)c1. The maximum Gasteiger partial charge on any atom is 0.141 e. The van der Waals surface area contributed by atoms with Crippen LogP contribution in [0.3, 0.4) is 0 Å². The first-order valence-electron chi connectivity index (χ1n) is 4.99. The molecule has 0 spiro atoms. The van der Waals surface area contributed by atoms with E-state index < -0.39 is 0 Å². The summed E-state index contributed by atoms with van der Waals surface area (Å²) in [6.07, 6.45) is 0. The van der Waals surface area contributed by atoms with Gasteiger partial charge in [-0.15, -0.1) is 0 Å². The Kier molecular flexibility index (Phi) is 2.85. The second-order valence-electron chi connectivity index (χ2n) is 4.73. The highest BCUT2D eigenvalue weighted by Gasteiger charge is 2.57. The molecular weight excluding hydrogens is 278 g/mol. The maximum absolute atomic E-state index is 13.0. The molecule has 82 valence electrons. The Balaban J connectivity index is 2.29. The van der Waals surface area contributed by atoms with Gasteiger partial charge in [-0.1, -0.05) is 47.4 Å². The van der Waals surface area contributed by atoms with Crippen LogP contribution in [0, 0.1) is 17.2 Å². The van der Waals surface area contributed by atoms with Crippen LogP contribution in [0.5, 0.6) is 0 Å². The first-order chi connectivity index (χ1) is 6.98. The van der Waals surface area contributed by atoms with Gasteiger partial charge in [0.2, 0.25) is 0 Å². The van der Waals surface area contributed by atoms with E-state index >= 15 is 0 Å². The molecule has 0 nitrogen and oxygen atoms in total. The van der Waals surface area contributed by atoms with E-state index in [1.807, 2.05) is 6.07 Å². The average molecular weight is 292 g/mol. The van der Waals surface area contributed by atoms with Crippen LogP contribution in [0.15, 0.2) is 18.2 Å². The van der Waals surface area contributed by atoms with Gasteiger partial charge in [-0.3, -0.25) is 0 Å². The Morgan fingerprint density at radius 1 is 1.47 bits per heavy atom. The molecule has 2 rings (SSSR count). The second kappa shape index (κ2) is 3.74. The lowest BCUT2D eigenvalue weighted by atomic mass is 10.0. The molecule has 0 radical (unpaired) electrons. The molecule has 2 unspecified atom stereocenters. The Hall–Kier alpha value is -0.0800. The van der Waals surface area contributed by atoms with Crippen molar-refractivity contribution in [3.8, 4) is 0 Å². The molecule has 1 fully saturated rings. The molecule has 0 heterocycles. The number of hydrogen-bond acceptors (Lipinski definition) is 0. The normalized spacial score (nSPS) is 27.8. The fourth-order valence-corrected chi connectivity index (χ4v) is 3.80. The molecule has 1 saturated carbocycles. The molecule has 1 aliphatic carbocycles. The minimum absolute atomic E-state index is 0.225. The van der Waals surface area contributed by atoms with Crippen molar-refractivity contribution in [2.75, 3.05) is 5.33 Å². The fourth-order valence-electron chi connectivity index (χ4n) is 2.40. The van der Waals surface area contributed by atoms with E-state index in [9.17, 15) is 4.39 Å². The predicted molar refractivity (Wildman–Crippen MR) is 65.2 cm³/mol. The summed E-state index contributed by atoms with van der Waals surface area (Å²) in [4.78, 5) is 0. The summed E-state index contributed by atoms with van der Waals surface area (Å²) in [6.45, 7) is 4.47. The molecular formula is C12H13BrClF. The molecule has 0 amide bonds. The number of hydrogen-bond donors (Lipinski definition) is 0. The molecule has 0 aromatic heterocycles. The molecule has 1 aromatic rings. The number of halogens is 3. The molecule has 0 N–H and O–H groups in total. The summed E-state index contributed by atoms with van der Waals surface area (Å²) in [7, 11) is 0. The van der Waals surface area contributed by atoms with Crippen LogP contribution < -0.4 is 0 Å². The van der Waals surface area contributed by atoms with Crippen LogP contribution in [0.2, 0.25) is 5.02 Å². The van der Waals surface area contributed by atoms with E-state index in [4.69, 9.17) is 11.6 Å². The Labute approximate surface area is 103 Å². The van der Waals surface area contributed by atoms with Crippen molar-refractivity contribution >= 4 is 27.5 Å². The van der Waals surface area contributed by atoms with Gasteiger partial charge in [-0.25, -0.2) is 4.39 Å². The van der Waals surface area contributed by atoms with Crippen molar-refractivity contribution in [3.05, 3.63) is 34.6 Å². The molecule has 15 heavy (non-hydrogen) atoms. The highest BCUT2D eigenvalue weighted by Crippen LogP contribution is 2.65. The summed E-state index contributed by atoms with van der Waals surface area (Å²) in [5, 5.41) is 1.21. The third-order valence-corrected chi connectivity index (χ3v) is 4.51. The van der Waals surface area contributed by atoms with Gasteiger partial charge >= 0.3 is 0 Å². The molecule has 0 aliphatic heterocycles. The van der Waals surface area contributed by atoms with Crippen LogP contribution in [-0.4, -0.2) is 5.33 Å². The molecule has 0 saturated heterocycles. The summed E-state index contributed by atoms with van der Waals surface area (Å²) >= 11 is 9.30. The number of alkyl halides is 1. The van der Waals surface area contributed by atoms with E-state index in [1.54, 1.807) is 6.07 Å². The predicted octanol–water partition coefficient (Wildman–Crippen LogP) is 4.61. The standard InChI is InChI=1S/C12H13BrClF/c1-12(2)8(6-13)11(12)7-3-4-10(15)9(14)5-7/h3-5,8,11H,6H2,1-2H3. The smallest absolute Gasteiger partial charge is 0.141 e. The van der Waals surface area contributed by atoms with E-state index in [2.05, 4.69) is 29.8 Å². The summed E-state index contributed by atoms with van der Waals surface area (Å²) in [5.74, 6) is 0.781. The van der Waals surface area contributed by atoms with E-state index in [0.717, 1.165) is 10.9 Å². The van der Waals surface area contributed by atoms with Crippen molar-refractivity contribution in [1.82, 2.24) is 0 Å². The van der Waals surface area contributed by atoms with Gasteiger partial charge in [-0.2, -0.15) is 0 Å². The summed E-state index contributed by atoms with van der Waals surface area (Å²) < 4.78 is 13.0. The lowest BCUT2D eigenvalue weighted by Crippen LogP contribution is -1.91. The topological polar surface area (TPSA) is 0 Å². The zero-order valence-corrected chi connectivity index (χ0v) is 11.1. The molecule has 3 heteroatoms. The van der Waals surface area contributed by atoms with Crippen LogP contribution in [0.25, 0.3) is 0 Å². The van der Waals surface area contributed by atoms with Gasteiger partial charge in [0.25, 0.3) is 0 Å². The monoisotopic (exact) mass is 290 g/mol. The minimum Gasteiger partial charge on any atom is -0.205 e. The van der Waals surface area contributed by atoms with Gasteiger partial charge in [0, 0.05) is 5.33 Å². The Bertz CT molecular complexity index is 389. The highest BCUT2D eigenvalue weighted by atomic mass is 79.9. The van der Waals surface area contributed by atoms with Gasteiger partial charge < -0.3 is 0 Å². The molecule has 1 aromatic carbocycles. The zero-order chi connectivity index (χ0) is 11.2. The Morgan fingerprint density at radius 2 is 2.13 bits per heavy atom. The lowest BCUT2D eigenvalue weighted by Gasteiger charge is -2.04. The molecule has 2 atom stereocenters. The average Bonchev–Trinajstić information content (AvgIpc) is 2.73. The third-order valence-electron chi connectivity index (χ3n) is 3.52. The van der Waals surface area contributed by atoms with Crippen molar-refractivity contribution in [3.63, 3.8) is 0 Å². The van der Waals surface area contributed by atoms with Crippen LogP contribution in [-0.2, 0) is 0 Å². The zero-order valence-electron chi connectivity index (χ0n) is 8.73. The highest BCUT2D eigenvalue weighted by molar-refractivity contribution is 9.09. The summed E-state index contributed by atoms with van der Waals surface area (Å²) in [5.41, 5.74) is 1.45. The van der Waals surface area contributed by atoms with E-state index in [1.165, 1.54) is 6.07 Å². The first-order valence-corrected chi connectivity index (χ1v) is 6.49. The van der Waals surface area contributed by atoms with Crippen molar-refractivity contribution < 1.29 is 4.39 Å². The van der Waals surface area contributed by atoms with Gasteiger partial charge in [0.05, 0.1) is 5.02 Å². The largest absolute Gasteiger partial charge is 0.205 e. The third kappa shape index (κ3) is 1.83. The van der Waals surface area contributed by atoms with Crippen molar-refractivity contribution in [1.29, 1.82) is 0 Å². The van der Waals surface area contributed by atoms with Crippen molar-refractivity contribution in [2.24, 2.45) is 11.3 Å². The first kappa shape index (κ1) is 11.4. The molecule has 0 bridgehead atoms. The number of benzene rings is 1. The van der Waals surface area contributed by atoms with Gasteiger partial charge in [-0.05, 0) is 34.9 Å². The quantitative estimate of drug-likeness (QED) is 0.698. The van der Waals surface area contributed by atoms with Crippen LogP contribution in [0.1, 0.15) is 25.3 Å². The summed E-state index contributed by atoms with van der Waals surface area (Å²) in [6, 6.07) is 5.06. The minimum atomic E-state index is -0.339. The molecule has 1 aliphatic rings. The van der Waals surface area contributed by atoms with E-state index in [-0.39, 0.29) is 10.8 Å².